The Morgan fingerprint density at radius 3 is 2.20 bits per heavy atom. The molecule has 0 saturated carbocycles. The highest BCUT2D eigenvalue weighted by molar-refractivity contribution is 5.94. The van der Waals surface area contributed by atoms with Crippen molar-refractivity contribution in [2.24, 2.45) is 0 Å². The molecule has 0 aliphatic rings. The van der Waals surface area contributed by atoms with E-state index in [9.17, 15) is 9.59 Å². The number of hydrogen-bond acceptors (Lipinski definition) is 4. The third-order valence-electron chi connectivity index (χ3n) is 3.14. The molecule has 0 radical (unpaired) electrons. The van der Waals surface area contributed by atoms with Crippen molar-refractivity contribution in [1.82, 2.24) is 4.90 Å². The first-order valence-electron chi connectivity index (χ1n) is 6.80. The lowest BCUT2D eigenvalue weighted by Crippen LogP contribution is -2.37. The number of rotatable bonds is 6. The second kappa shape index (κ2) is 7.65. The molecule has 5 nitrogen and oxygen atoms in total. The van der Waals surface area contributed by atoms with Gasteiger partial charge in [-0.15, -0.1) is 0 Å². The smallest absolute Gasteiger partial charge is 0.413 e. The Kier molecular flexibility index (Phi) is 6.18. The Morgan fingerprint density at radius 1 is 1.20 bits per heavy atom. The number of amides is 1. The van der Waals surface area contributed by atoms with Gasteiger partial charge in [0.05, 0.1) is 0 Å². The Balaban J connectivity index is 2.55. The molecule has 0 aliphatic heterocycles. The maximum Gasteiger partial charge on any atom is 0.413 e. The Hall–Kier alpha value is -1.88. The average molecular weight is 278 g/mol. The van der Waals surface area contributed by atoms with E-state index in [1.54, 1.807) is 24.3 Å². The molecule has 0 fully saturated rings. The molecule has 1 aromatic carbocycles. The van der Waals surface area contributed by atoms with Crippen molar-refractivity contribution in [3.8, 4) is 0 Å². The average Bonchev–Trinajstić information content (AvgIpc) is 2.40. The SMILES string of the molecule is CCN(CC)[C@@H](C)OC(=O)Nc1ccc(C(C)=O)cc1. The van der Waals surface area contributed by atoms with Crippen LogP contribution < -0.4 is 5.32 Å². The minimum absolute atomic E-state index is 0.00529. The molecule has 1 amide bonds. The van der Waals surface area contributed by atoms with Crippen LogP contribution in [-0.2, 0) is 4.74 Å². The Labute approximate surface area is 119 Å². The van der Waals surface area contributed by atoms with Crippen LogP contribution in [0.1, 0.15) is 38.1 Å². The van der Waals surface area contributed by atoms with Crippen LogP contribution in [0.5, 0.6) is 0 Å². The van der Waals surface area contributed by atoms with E-state index >= 15 is 0 Å². The topological polar surface area (TPSA) is 58.6 Å². The number of ether oxygens (including phenoxy) is 1. The molecule has 0 spiro atoms. The molecular formula is C15H22N2O3. The number of ketones is 1. The number of carbonyl (C=O) groups excluding carboxylic acids is 2. The van der Waals surface area contributed by atoms with Gasteiger partial charge in [-0.2, -0.15) is 0 Å². The fourth-order valence-electron chi connectivity index (χ4n) is 1.90. The maximum atomic E-state index is 11.8. The number of nitrogens with zero attached hydrogens (tertiary/aromatic N) is 1. The van der Waals surface area contributed by atoms with Gasteiger partial charge < -0.3 is 4.74 Å². The van der Waals surface area contributed by atoms with Crippen molar-refractivity contribution in [2.75, 3.05) is 18.4 Å². The quantitative estimate of drug-likeness (QED) is 0.641. The summed E-state index contributed by atoms with van der Waals surface area (Å²) in [6.45, 7) is 9.01. The number of anilines is 1. The van der Waals surface area contributed by atoms with Gasteiger partial charge in [-0.25, -0.2) is 4.79 Å². The summed E-state index contributed by atoms with van der Waals surface area (Å²) >= 11 is 0. The fraction of sp³-hybridized carbons (Fsp3) is 0.467. The molecule has 0 heterocycles. The summed E-state index contributed by atoms with van der Waals surface area (Å²) < 4.78 is 5.28. The van der Waals surface area contributed by atoms with Crippen molar-refractivity contribution in [3.05, 3.63) is 29.8 Å². The van der Waals surface area contributed by atoms with Crippen molar-refractivity contribution in [1.29, 1.82) is 0 Å². The standard InChI is InChI=1S/C15H22N2O3/c1-5-17(6-2)12(4)20-15(19)16-14-9-7-13(8-10-14)11(3)18/h7-10,12H,5-6H2,1-4H3,(H,16,19)/t12-/m1/s1. The first kappa shape index (κ1) is 16.2. The molecule has 1 N–H and O–H groups in total. The van der Waals surface area contributed by atoms with Crippen LogP contribution >= 0.6 is 0 Å². The third-order valence-corrected chi connectivity index (χ3v) is 3.14. The first-order chi connectivity index (χ1) is 9.47. The van der Waals surface area contributed by atoms with Crippen LogP contribution in [0.3, 0.4) is 0 Å². The molecule has 0 bridgehead atoms. The van der Waals surface area contributed by atoms with E-state index in [1.165, 1.54) is 6.92 Å². The lowest BCUT2D eigenvalue weighted by molar-refractivity contribution is 0.0114. The number of carbonyl (C=O) groups is 2. The van der Waals surface area contributed by atoms with E-state index in [1.807, 2.05) is 25.7 Å². The number of Topliss-reactive ketones (excluding diaryl/α,β-unsaturated/α-hetero) is 1. The van der Waals surface area contributed by atoms with Crippen LogP contribution in [-0.4, -0.2) is 36.1 Å². The van der Waals surface area contributed by atoms with Crippen LogP contribution in [0.25, 0.3) is 0 Å². The fourth-order valence-corrected chi connectivity index (χ4v) is 1.90. The molecule has 0 aromatic heterocycles. The molecule has 1 aromatic rings. The maximum absolute atomic E-state index is 11.8. The number of hydrogen-bond donors (Lipinski definition) is 1. The molecule has 20 heavy (non-hydrogen) atoms. The lowest BCUT2D eigenvalue weighted by Gasteiger charge is -2.25. The van der Waals surface area contributed by atoms with Crippen LogP contribution in [0.2, 0.25) is 0 Å². The van der Waals surface area contributed by atoms with E-state index < -0.39 is 6.09 Å². The number of nitrogens with one attached hydrogen (secondary N) is 1. The molecule has 0 aliphatic carbocycles. The van der Waals surface area contributed by atoms with Gasteiger partial charge in [0.2, 0.25) is 0 Å². The second-order valence-electron chi connectivity index (χ2n) is 4.48. The van der Waals surface area contributed by atoms with Gasteiger partial charge in [-0.3, -0.25) is 15.0 Å². The largest absolute Gasteiger partial charge is 0.430 e. The van der Waals surface area contributed by atoms with Gasteiger partial charge in [0.25, 0.3) is 0 Å². The van der Waals surface area contributed by atoms with Crippen molar-refractivity contribution < 1.29 is 14.3 Å². The summed E-state index contributed by atoms with van der Waals surface area (Å²) in [6, 6.07) is 6.71. The normalized spacial score (nSPS) is 12.1. The molecule has 0 unspecified atom stereocenters. The van der Waals surface area contributed by atoms with Crippen LogP contribution in [0.15, 0.2) is 24.3 Å². The molecule has 1 rings (SSSR count). The van der Waals surface area contributed by atoms with Gasteiger partial charge in [-0.1, -0.05) is 13.8 Å². The molecule has 1 atom stereocenters. The zero-order valence-electron chi connectivity index (χ0n) is 12.5. The van der Waals surface area contributed by atoms with Gasteiger partial charge in [-0.05, 0) is 51.2 Å². The predicted molar refractivity (Wildman–Crippen MR) is 78.9 cm³/mol. The van der Waals surface area contributed by atoms with Crippen molar-refractivity contribution in [2.45, 2.75) is 33.9 Å². The lowest BCUT2D eigenvalue weighted by atomic mass is 10.1. The van der Waals surface area contributed by atoms with Crippen LogP contribution in [0.4, 0.5) is 10.5 Å². The Bertz CT molecular complexity index is 453. The van der Waals surface area contributed by atoms with Gasteiger partial charge in [0.15, 0.2) is 12.0 Å². The van der Waals surface area contributed by atoms with E-state index in [0.29, 0.717) is 11.3 Å². The molecule has 110 valence electrons. The first-order valence-corrected chi connectivity index (χ1v) is 6.80. The zero-order valence-corrected chi connectivity index (χ0v) is 12.5. The van der Waals surface area contributed by atoms with E-state index in [-0.39, 0.29) is 12.0 Å². The summed E-state index contributed by atoms with van der Waals surface area (Å²) in [5, 5.41) is 2.64. The van der Waals surface area contributed by atoms with E-state index in [2.05, 4.69) is 5.32 Å². The molecule has 0 saturated heterocycles. The summed E-state index contributed by atoms with van der Waals surface area (Å²) in [5.41, 5.74) is 1.21. The van der Waals surface area contributed by atoms with Crippen molar-refractivity contribution in [3.63, 3.8) is 0 Å². The highest BCUT2D eigenvalue weighted by Gasteiger charge is 2.14. The summed E-state index contributed by atoms with van der Waals surface area (Å²) in [4.78, 5) is 24.9. The minimum Gasteiger partial charge on any atom is -0.430 e. The van der Waals surface area contributed by atoms with Crippen molar-refractivity contribution >= 4 is 17.6 Å². The summed E-state index contributed by atoms with van der Waals surface area (Å²) in [6.07, 6.45) is -0.776. The van der Waals surface area contributed by atoms with Gasteiger partial charge >= 0.3 is 6.09 Å². The van der Waals surface area contributed by atoms with Gasteiger partial charge in [0.1, 0.15) is 0 Å². The summed E-state index contributed by atoms with van der Waals surface area (Å²) in [5.74, 6) is -0.00529. The monoisotopic (exact) mass is 278 g/mol. The predicted octanol–water partition coefficient (Wildman–Crippen LogP) is 3.13. The molecular weight excluding hydrogens is 256 g/mol. The highest BCUT2D eigenvalue weighted by Crippen LogP contribution is 2.11. The van der Waals surface area contributed by atoms with Crippen LogP contribution in [0, 0.1) is 0 Å². The highest BCUT2D eigenvalue weighted by atomic mass is 16.6. The van der Waals surface area contributed by atoms with E-state index in [0.717, 1.165) is 13.1 Å². The molecule has 5 heteroatoms. The minimum atomic E-state index is -0.500. The van der Waals surface area contributed by atoms with Gasteiger partial charge in [0, 0.05) is 11.3 Å². The number of benzene rings is 1. The Morgan fingerprint density at radius 2 is 1.75 bits per heavy atom. The zero-order chi connectivity index (χ0) is 15.1. The summed E-state index contributed by atoms with van der Waals surface area (Å²) in [7, 11) is 0. The second-order valence-corrected chi connectivity index (χ2v) is 4.48. The third kappa shape index (κ3) is 4.66. The van der Waals surface area contributed by atoms with E-state index in [4.69, 9.17) is 4.74 Å².